The number of carboxylic acid groups (broad SMARTS) is 1. The third-order valence-corrected chi connectivity index (χ3v) is 5.86. The molecule has 1 N–H and O–H groups in total. The number of piperidine rings is 1. The van der Waals surface area contributed by atoms with E-state index in [0.717, 1.165) is 5.56 Å². The molecule has 1 aromatic carbocycles. The molecule has 1 saturated heterocycles. The highest BCUT2D eigenvalue weighted by molar-refractivity contribution is 7.89. The van der Waals surface area contributed by atoms with Crippen molar-refractivity contribution >= 4 is 16.0 Å². The monoisotopic (exact) mass is 297 g/mol. The minimum Gasteiger partial charge on any atom is -0.481 e. The third kappa shape index (κ3) is 2.71. The van der Waals surface area contributed by atoms with Gasteiger partial charge in [-0.25, -0.2) is 8.42 Å². The second-order valence-electron chi connectivity index (χ2n) is 5.59. The summed E-state index contributed by atoms with van der Waals surface area (Å²) in [6, 6.07) is 6.78. The molecule has 0 radical (unpaired) electrons. The SMILES string of the molecule is Cc1cccc(S(=O)(=O)N2CCC(C)(C(=O)O)CC2)c1. The molecule has 0 atom stereocenters. The first-order chi connectivity index (χ1) is 9.25. The molecule has 2 rings (SSSR count). The quantitative estimate of drug-likeness (QED) is 0.924. The van der Waals surface area contributed by atoms with Crippen molar-refractivity contribution in [3.8, 4) is 0 Å². The van der Waals surface area contributed by atoms with E-state index in [-0.39, 0.29) is 18.0 Å². The molecular formula is C14H19NO4S. The first kappa shape index (κ1) is 15.0. The van der Waals surface area contributed by atoms with Crippen molar-refractivity contribution in [3.63, 3.8) is 0 Å². The Kier molecular flexibility index (Phi) is 3.88. The molecule has 0 spiro atoms. The van der Waals surface area contributed by atoms with Gasteiger partial charge in [0.2, 0.25) is 10.0 Å². The lowest BCUT2D eigenvalue weighted by molar-refractivity contribution is -0.150. The van der Waals surface area contributed by atoms with Crippen LogP contribution in [0.4, 0.5) is 0 Å². The number of benzene rings is 1. The van der Waals surface area contributed by atoms with Crippen molar-refractivity contribution in [2.24, 2.45) is 5.41 Å². The Balaban J connectivity index is 2.20. The minimum atomic E-state index is -3.52. The molecule has 0 aromatic heterocycles. The Hall–Kier alpha value is -1.40. The van der Waals surface area contributed by atoms with E-state index >= 15 is 0 Å². The van der Waals surface area contributed by atoms with E-state index in [0.29, 0.717) is 12.8 Å². The molecule has 0 unspecified atom stereocenters. The highest BCUT2D eigenvalue weighted by Crippen LogP contribution is 2.33. The predicted octanol–water partition coefficient (Wildman–Crippen LogP) is 1.87. The zero-order chi connectivity index (χ0) is 15.0. The number of aliphatic carboxylic acids is 1. The van der Waals surface area contributed by atoms with Crippen molar-refractivity contribution in [1.29, 1.82) is 0 Å². The van der Waals surface area contributed by atoms with Crippen LogP contribution in [0.5, 0.6) is 0 Å². The summed E-state index contributed by atoms with van der Waals surface area (Å²) in [4.78, 5) is 11.5. The number of hydrogen-bond acceptors (Lipinski definition) is 3. The van der Waals surface area contributed by atoms with Crippen LogP contribution in [-0.4, -0.2) is 36.9 Å². The molecule has 1 fully saturated rings. The van der Waals surface area contributed by atoms with Gasteiger partial charge in [-0.1, -0.05) is 12.1 Å². The first-order valence-corrected chi connectivity index (χ1v) is 8.00. The van der Waals surface area contributed by atoms with Crippen molar-refractivity contribution < 1.29 is 18.3 Å². The molecule has 6 heteroatoms. The van der Waals surface area contributed by atoms with Crippen molar-refractivity contribution in [2.45, 2.75) is 31.6 Å². The largest absolute Gasteiger partial charge is 0.481 e. The predicted molar refractivity (Wildman–Crippen MR) is 74.9 cm³/mol. The van der Waals surface area contributed by atoms with Gasteiger partial charge in [-0.2, -0.15) is 4.31 Å². The van der Waals surface area contributed by atoms with Gasteiger partial charge in [0.25, 0.3) is 0 Å². The number of hydrogen-bond donors (Lipinski definition) is 1. The molecule has 20 heavy (non-hydrogen) atoms. The number of nitrogens with zero attached hydrogens (tertiary/aromatic N) is 1. The molecule has 1 heterocycles. The Labute approximate surface area is 119 Å². The van der Waals surface area contributed by atoms with Gasteiger partial charge in [0.05, 0.1) is 10.3 Å². The molecule has 0 aliphatic carbocycles. The van der Waals surface area contributed by atoms with Crippen LogP contribution in [0.25, 0.3) is 0 Å². The lowest BCUT2D eigenvalue weighted by atomic mass is 9.81. The maximum atomic E-state index is 12.5. The lowest BCUT2D eigenvalue weighted by Crippen LogP contribution is -2.45. The normalized spacial score (nSPS) is 19.7. The van der Waals surface area contributed by atoms with Gasteiger partial charge in [-0.3, -0.25) is 4.79 Å². The van der Waals surface area contributed by atoms with Crippen LogP contribution in [0.1, 0.15) is 25.3 Å². The average molecular weight is 297 g/mol. The Morgan fingerprint density at radius 2 is 1.90 bits per heavy atom. The summed E-state index contributed by atoms with van der Waals surface area (Å²) in [5.41, 5.74) is 0.0667. The first-order valence-electron chi connectivity index (χ1n) is 6.56. The fourth-order valence-electron chi connectivity index (χ4n) is 2.36. The molecule has 1 aliphatic heterocycles. The summed E-state index contributed by atoms with van der Waals surface area (Å²) in [5, 5.41) is 9.17. The third-order valence-electron chi connectivity index (χ3n) is 3.97. The van der Waals surface area contributed by atoms with Crippen molar-refractivity contribution in [3.05, 3.63) is 29.8 Å². The van der Waals surface area contributed by atoms with Gasteiger partial charge < -0.3 is 5.11 Å². The van der Waals surface area contributed by atoms with E-state index in [4.69, 9.17) is 0 Å². The second-order valence-corrected chi connectivity index (χ2v) is 7.52. The smallest absolute Gasteiger partial charge is 0.309 e. The van der Waals surface area contributed by atoms with Crippen LogP contribution < -0.4 is 0 Å². The van der Waals surface area contributed by atoms with E-state index in [1.54, 1.807) is 25.1 Å². The minimum absolute atomic E-state index is 0.249. The van der Waals surface area contributed by atoms with E-state index in [1.165, 1.54) is 4.31 Å². The zero-order valence-corrected chi connectivity index (χ0v) is 12.5. The van der Waals surface area contributed by atoms with Gasteiger partial charge in [-0.15, -0.1) is 0 Å². The average Bonchev–Trinajstić information content (AvgIpc) is 2.39. The number of aryl methyl sites for hydroxylation is 1. The maximum absolute atomic E-state index is 12.5. The summed E-state index contributed by atoms with van der Waals surface area (Å²) in [5.74, 6) is -0.856. The number of rotatable bonds is 3. The zero-order valence-electron chi connectivity index (χ0n) is 11.7. The van der Waals surface area contributed by atoms with Crippen LogP contribution >= 0.6 is 0 Å². The maximum Gasteiger partial charge on any atom is 0.309 e. The van der Waals surface area contributed by atoms with Crippen LogP contribution in [0.3, 0.4) is 0 Å². The molecule has 110 valence electrons. The molecule has 5 nitrogen and oxygen atoms in total. The van der Waals surface area contributed by atoms with Crippen LogP contribution in [0.2, 0.25) is 0 Å². The summed E-state index contributed by atoms with van der Waals surface area (Å²) in [6.45, 7) is 4.01. The van der Waals surface area contributed by atoms with Crippen molar-refractivity contribution in [1.82, 2.24) is 4.31 Å². The molecule has 1 aliphatic rings. The van der Waals surface area contributed by atoms with Gasteiger partial charge in [0.15, 0.2) is 0 Å². The highest BCUT2D eigenvalue weighted by atomic mass is 32.2. The fraction of sp³-hybridized carbons (Fsp3) is 0.500. The van der Waals surface area contributed by atoms with Crippen LogP contribution in [-0.2, 0) is 14.8 Å². The molecule has 0 saturated carbocycles. The molecule has 0 bridgehead atoms. The van der Waals surface area contributed by atoms with Gasteiger partial charge >= 0.3 is 5.97 Å². The molecule has 1 aromatic rings. The van der Waals surface area contributed by atoms with Gasteiger partial charge in [0.1, 0.15) is 0 Å². The highest BCUT2D eigenvalue weighted by Gasteiger charge is 2.40. The Morgan fingerprint density at radius 3 is 2.40 bits per heavy atom. The Bertz CT molecular complexity index is 616. The van der Waals surface area contributed by atoms with E-state index in [2.05, 4.69) is 0 Å². The summed E-state index contributed by atoms with van der Waals surface area (Å²) >= 11 is 0. The molecular weight excluding hydrogens is 278 g/mol. The summed E-state index contributed by atoms with van der Waals surface area (Å²) in [6.07, 6.45) is 0.681. The van der Waals surface area contributed by atoms with Crippen molar-refractivity contribution in [2.75, 3.05) is 13.1 Å². The lowest BCUT2D eigenvalue weighted by Gasteiger charge is -2.35. The number of sulfonamides is 1. The van der Waals surface area contributed by atoms with Crippen LogP contribution in [0, 0.1) is 12.3 Å². The summed E-state index contributed by atoms with van der Waals surface area (Å²) in [7, 11) is -3.52. The topological polar surface area (TPSA) is 74.7 Å². The summed E-state index contributed by atoms with van der Waals surface area (Å²) < 4.78 is 26.4. The standard InChI is InChI=1S/C14H19NO4S/c1-11-4-3-5-12(10-11)20(18,19)15-8-6-14(2,7-9-15)13(16)17/h3-5,10H,6-9H2,1-2H3,(H,16,17). The van der Waals surface area contributed by atoms with E-state index in [9.17, 15) is 18.3 Å². The fourth-order valence-corrected chi connectivity index (χ4v) is 3.91. The van der Waals surface area contributed by atoms with Gasteiger partial charge in [0, 0.05) is 13.1 Å². The van der Waals surface area contributed by atoms with Crippen LogP contribution in [0.15, 0.2) is 29.2 Å². The number of carbonyl (C=O) groups is 1. The van der Waals surface area contributed by atoms with E-state index in [1.807, 2.05) is 13.0 Å². The van der Waals surface area contributed by atoms with E-state index < -0.39 is 21.4 Å². The molecule has 0 amide bonds. The Morgan fingerprint density at radius 1 is 1.30 bits per heavy atom. The number of carboxylic acids is 1. The second kappa shape index (κ2) is 5.18. The van der Waals surface area contributed by atoms with Gasteiger partial charge in [-0.05, 0) is 44.4 Å².